The number of nitrogens with one attached hydrogen (secondary N) is 1. The summed E-state index contributed by atoms with van der Waals surface area (Å²) in [5, 5.41) is -0.145. The van der Waals surface area contributed by atoms with Gasteiger partial charge in [-0.15, -0.1) is 0 Å². The van der Waals surface area contributed by atoms with Crippen LogP contribution in [-0.2, 0) is 14.8 Å². The molecule has 184 valence electrons. The number of sulfonamides is 1. The number of ketones is 1. The Labute approximate surface area is 211 Å². The number of hydrogen-bond donors (Lipinski definition) is 1. The van der Waals surface area contributed by atoms with Gasteiger partial charge in [0.2, 0.25) is 0 Å². The van der Waals surface area contributed by atoms with Gasteiger partial charge in [0.05, 0.1) is 51.6 Å². The molecule has 0 saturated carbocycles. The highest BCUT2D eigenvalue weighted by atomic mass is 35.5. The third kappa shape index (κ3) is 4.75. The lowest BCUT2D eigenvalue weighted by molar-refractivity contribution is 0.103. The van der Waals surface area contributed by atoms with Crippen LogP contribution in [-0.4, -0.2) is 50.5 Å². The predicted octanol–water partition coefficient (Wildman–Crippen LogP) is 4.29. The molecule has 0 unspecified atom stereocenters. The Bertz CT molecular complexity index is 1560. The van der Waals surface area contributed by atoms with Gasteiger partial charge in [-0.3, -0.25) is 14.5 Å². The normalized spacial score (nSPS) is 14.1. The summed E-state index contributed by atoms with van der Waals surface area (Å²) in [6.07, 6.45) is 1.66. The number of ether oxygens (including phenoxy) is 1. The van der Waals surface area contributed by atoms with E-state index in [-0.39, 0.29) is 21.2 Å². The molecule has 8 nitrogen and oxygen atoms in total. The van der Waals surface area contributed by atoms with Crippen molar-refractivity contribution in [3.05, 3.63) is 88.8 Å². The van der Waals surface area contributed by atoms with Crippen molar-refractivity contribution in [3.63, 3.8) is 0 Å². The first-order valence-corrected chi connectivity index (χ1v) is 12.9. The summed E-state index contributed by atoms with van der Waals surface area (Å²) < 4.78 is 48.4. The smallest absolute Gasteiger partial charge is 0.261 e. The Kier molecular flexibility index (Phi) is 6.57. The standard InChI is InChI=1S/C25H20ClFN4O4S/c26-18-7-9-20(30-36(33,34)17-4-2-1-3-5-17)24(27)23(18)25(32)16-6-8-19-21(14-16)29-22(15-28-19)31-10-12-35-13-11-31/h1-9,14-15,30H,10-13H2. The van der Waals surface area contributed by atoms with Crippen LogP contribution < -0.4 is 9.62 Å². The van der Waals surface area contributed by atoms with Crippen LogP contribution in [0.2, 0.25) is 5.02 Å². The molecule has 11 heteroatoms. The number of benzene rings is 3. The highest BCUT2D eigenvalue weighted by Crippen LogP contribution is 2.30. The van der Waals surface area contributed by atoms with Gasteiger partial charge in [0.1, 0.15) is 5.82 Å². The van der Waals surface area contributed by atoms with E-state index in [1.807, 2.05) is 4.90 Å². The minimum Gasteiger partial charge on any atom is -0.378 e. The van der Waals surface area contributed by atoms with Crippen molar-refractivity contribution in [2.24, 2.45) is 0 Å². The molecule has 1 aromatic heterocycles. The summed E-state index contributed by atoms with van der Waals surface area (Å²) in [5.74, 6) is -1.13. The van der Waals surface area contributed by atoms with E-state index >= 15 is 4.39 Å². The van der Waals surface area contributed by atoms with Gasteiger partial charge in [0.15, 0.2) is 11.6 Å². The Hall–Kier alpha value is -3.60. The fraction of sp³-hybridized carbons (Fsp3) is 0.160. The van der Waals surface area contributed by atoms with Crippen LogP contribution in [0.3, 0.4) is 0 Å². The highest BCUT2D eigenvalue weighted by molar-refractivity contribution is 7.92. The molecule has 0 bridgehead atoms. The average Bonchev–Trinajstić information content (AvgIpc) is 2.90. The largest absolute Gasteiger partial charge is 0.378 e. The molecule has 1 N–H and O–H groups in total. The lowest BCUT2D eigenvalue weighted by Gasteiger charge is -2.27. The van der Waals surface area contributed by atoms with Crippen LogP contribution in [0.15, 0.2) is 71.8 Å². The second-order valence-electron chi connectivity index (χ2n) is 8.06. The van der Waals surface area contributed by atoms with Crippen LogP contribution in [0.4, 0.5) is 15.9 Å². The zero-order chi connectivity index (χ0) is 25.3. The predicted molar refractivity (Wildman–Crippen MR) is 135 cm³/mol. The second kappa shape index (κ2) is 9.81. The van der Waals surface area contributed by atoms with Gasteiger partial charge < -0.3 is 9.64 Å². The molecule has 0 amide bonds. The number of hydrogen-bond acceptors (Lipinski definition) is 7. The molecule has 5 rings (SSSR count). The fourth-order valence-electron chi connectivity index (χ4n) is 3.87. The molecule has 0 atom stereocenters. The van der Waals surface area contributed by atoms with E-state index in [4.69, 9.17) is 16.3 Å². The Balaban J connectivity index is 1.49. The molecule has 3 aromatic carbocycles. The third-order valence-corrected chi connectivity index (χ3v) is 7.44. The van der Waals surface area contributed by atoms with Crippen LogP contribution in [0.5, 0.6) is 0 Å². The average molecular weight is 527 g/mol. The molecule has 2 heterocycles. The molecule has 36 heavy (non-hydrogen) atoms. The van der Waals surface area contributed by atoms with Gasteiger partial charge in [0, 0.05) is 18.7 Å². The Morgan fingerprint density at radius 3 is 2.53 bits per heavy atom. The molecule has 4 aromatic rings. The molecular weight excluding hydrogens is 507 g/mol. The lowest BCUT2D eigenvalue weighted by atomic mass is 10.0. The summed E-state index contributed by atoms with van der Waals surface area (Å²) in [6, 6.07) is 14.6. The third-order valence-electron chi connectivity index (χ3n) is 5.74. The van der Waals surface area contributed by atoms with E-state index in [1.165, 1.54) is 36.4 Å². The van der Waals surface area contributed by atoms with Crippen molar-refractivity contribution in [2.75, 3.05) is 35.9 Å². The number of carbonyl (C=O) groups is 1. The number of rotatable bonds is 6. The molecule has 0 aliphatic carbocycles. The highest BCUT2D eigenvalue weighted by Gasteiger charge is 2.24. The number of fused-ring (bicyclic) bond motifs is 1. The Morgan fingerprint density at radius 2 is 1.78 bits per heavy atom. The van der Waals surface area contributed by atoms with E-state index < -0.39 is 27.2 Å². The van der Waals surface area contributed by atoms with Crippen LogP contribution in [0.1, 0.15) is 15.9 Å². The molecular formula is C25H20ClFN4O4S. The molecule has 1 fully saturated rings. The molecule has 1 aliphatic heterocycles. The summed E-state index contributed by atoms with van der Waals surface area (Å²) in [4.78, 5) is 24.3. The zero-order valence-corrected chi connectivity index (χ0v) is 20.4. The fourth-order valence-corrected chi connectivity index (χ4v) is 5.19. The van der Waals surface area contributed by atoms with E-state index in [0.29, 0.717) is 43.2 Å². The molecule has 0 radical (unpaired) electrons. The molecule has 0 spiro atoms. The van der Waals surface area contributed by atoms with Crippen LogP contribution >= 0.6 is 11.6 Å². The summed E-state index contributed by atoms with van der Waals surface area (Å²) in [5.41, 5.74) is 0.338. The first-order valence-electron chi connectivity index (χ1n) is 11.0. The maximum absolute atomic E-state index is 15.5. The number of carbonyl (C=O) groups excluding carboxylic acids is 1. The second-order valence-corrected chi connectivity index (χ2v) is 10.2. The topological polar surface area (TPSA) is 101 Å². The van der Waals surface area contributed by atoms with Crippen LogP contribution in [0.25, 0.3) is 11.0 Å². The van der Waals surface area contributed by atoms with Gasteiger partial charge in [-0.1, -0.05) is 29.8 Å². The Morgan fingerprint density at radius 1 is 1.03 bits per heavy atom. The van der Waals surface area contributed by atoms with Crippen molar-refractivity contribution >= 4 is 49.9 Å². The van der Waals surface area contributed by atoms with Gasteiger partial charge in [-0.2, -0.15) is 0 Å². The molecule has 1 saturated heterocycles. The lowest BCUT2D eigenvalue weighted by Crippen LogP contribution is -2.36. The van der Waals surface area contributed by atoms with Gasteiger partial charge in [0.25, 0.3) is 10.0 Å². The van der Waals surface area contributed by atoms with Gasteiger partial charge >= 0.3 is 0 Å². The van der Waals surface area contributed by atoms with E-state index in [9.17, 15) is 13.2 Å². The minimum atomic E-state index is -4.08. The van der Waals surface area contributed by atoms with E-state index in [1.54, 1.807) is 30.5 Å². The van der Waals surface area contributed by atoms with Crippen molar-refractivity contribution in [2.45, 2.75) is 4.90 Å². The zero-order valence-electron chi connectivity index (χ0n) is 18.8. The van der Waals surface area contributed by atoms with E-state index in [0.717, 1.165) is 0 Å². The number of aromatic nitrogens is 2. The minimum absolute atomic E-state index is 0.0450. The maximum Gasteiger partial charge on any atom is 0.261 e. The summed E-state index contributed by atoms with van der Waals surface area (Å²) in [7, 11) is -4.08. The van der Waals surface area contributed by atoms with E-state index in [2.05, 4.69) is 14.7 Å². The SMILES string of the molecule is O=C(c1ccc2ncc(N3CCOCC3)nc2c1)c1c(Cl)ccc(NS(=O)(=O)c2ccccc2)c1F. The summed E-state index contributed by atoms with van der Waals surface area (Å²) in [6.45, 7) is 2.51. The van der Waals surface area contributed by atoms with Gasteiger partial charge in [-0.25, -0.2) is 17.8 Å². The van der Waals surface area contributed by atoms with Crippen molar-refractivity contribution < 1.29 is 22.3 Å². The number of halogens is 2. The van der Waals surface area contributed by atoms with Crippen molar-refractivity contribution in [1.29, 1.82) is 0 Å². The van der Waals surface area contributed by atoms with Crippen molar-refractivity contribution in [3.8, 4) is 0 Å². The van der Waals surface area contributed by atoms with Crippen LogP contribution in [0, 0.1) is 5.82 Å². The first-order chi connectivity index (χ1) is 17.3. The quantitative estimate of drug-likeness (QED) is 0.374. The number of morpholine rings is 1. The maximum atomic E-state index is 15.5. The monoisotopic (exact) mass is 526 g/mol. The number of nitrogens with zero attached hydrogens (tertiary/aromatic N) is 3. The molecule has 1 aliphatic rings. The number of anilines is 2. The van der Waals surface area contributed by atoms with Crippen molar-refractivity contribution in [1.82, 2.24) is 9.97 Å². The first kappa shape index (κ1) is 24.1. The van der Waals surface area contributed by atoms with Gasteiger partial charge in [-0.05, 0) is 42.5 Å². The summed E-state index contributed by atoms with van der Waals surface area (Å²) >= 11 is 6.19.